The highest BCUT2D eigenvalue weighted by atomic mass is 35.5. The van der Waals surface area contributed by atoms with Crippen LogP contribution in [0.1, 0.15) is 10.4 Å². The summed E-state index contributed by atoms with van der Waals surface area (Å²) < 4.78 is 1.81. The van der Waals surface area contributed by atoms with Gasteiger partial charge < -0.3 is 9.88 Å². The van der Waals surface area contributed by atoms with Gasteiger partial charge in [0.15, 0.2) is 0 Å². The van der Waals surface area contributed by atoms with Gasteiger partial charge in [0.05, 0.1) is 22.6 Å². The number of pyridine rings is 1. The Labute approximate surface area is 171 Å². The molecule has 4 aromatic rings. The highest BCUT2D eigenvalue weighted by molar-refractivity contribution is 7.99. The minimum Gasteiger partial charge on any atom is -0.322 e. The fraction of sp³-hybridized carbons (Fsp3) is 0. The van der Waals surface area contributed by atoms with E-state index in [0.29, 0.717) is 21.3 Å². The SMILES string of the molecule is O=C(Nc1ccc(-n2ccnc2)c(Cl)c1)c1cccnc1Sc1ccccc1. The number of hydrogen-bond donors (Lipinski definition) is 1. The molecule has 2 aromatic heterocycles. The molecule has 138 valence electrons. The third-order valence-electron chi connectivity index (χ3n) is 3.96. The monoisotopic (exact) mass is 406 g/mol. The summed E-state index contributed by atoms with van der Waals surface area (Å²) in [5.41, 5.74) is 1.91. The van der Waals surface area contributed by atoms with Gasteiger partial charge in [0.2, 0.25) is 0 Å². The maximum absolute atomic E-state index is 12.8. The molecule has 0 unspecified atom stereocenters. The number of imidazole rings is 1. The van der Waals surface area contributed by atoms with Gasteiger partial charge in [-0.15, -0.1) is 0 Å². The number of hydrogen-bond acceptors (Lipinski definition) is 4. The van der Waals surface area contributed by atoms with E-state index in [4.69, 9.17) is 11.6 Å². The van der Waals surface area contributed by atoms with Crippen molar-refractivity contribution in [3.63, 3.8) is 0 Å². The van der Waals surface area contributed by atoms with Crippen molar-refractivity contribution in [2.24, 2.45) is 0 Å². The molecule has 1 amide bonds. The van der Waals surface area contributed by atoms with E-state index >= 15 is 0 Å². The molecule has 4 rings (SSSR count). The second-order valence-corrected chi connectivity index (χ2v) is 7.33. The molecule has 0 atom stereocenters. The lowest BCUT2D eigenvalue weighted by atomic mass is 10.2. The first-order valence-corrected chi connectivity index (χ1v) is 9.67. The fourth-order valence-corrected chi connectivity index (χ4v) is 3.82. The summed E-state index contributed by atoms with van der Waals surface area (Å²) in [5, 5.41) is 4.06. The van der Waals surface area contributed by atoms with Crippen LogP contribution in [0.15, 0.2) is 95.5 Å². The Morgan fingerprint density at radius 2 is 1.89 bits per heavy atom. The van der Waals surface area contributed by atoms with Gasteiger partial charge in [0.1, 0.15) is 5.03 Å². The Morgan fingerprint density at radius 3 is 2.64 bits per heavy atom. The van der Waals surface area contributed by atoms with Crippen LogP contribution in [0.25, 0.3) is 5.69 Å². The average molecular weight is 407 g/mol. The van der Waals surface area contributed by atoms with Crippen LogP contribution in [0.3, 0.4) is 0 Å². The van der Waals surface area contributed by atoms with E-state index in [1.165, 1.54) is 11.8 Å². The summed E-state index contributed by atoms with van der Waals surface area (Å²) in [5.74, 6) is -0.238. The predicted octanol–water partition coefficient (Wildman–Crippen LogP) is 5.32. The lowest BCUT2D eigenvalue weighted by Gasteiger charge is -2.11. The lowest BCUT2D eigenvalue weighted by Crippen LogP contribution is -2.13. The van der Waals surface area contributed by atoms with Crippen LogP contribution in [0.5, 0.6) is 0 Å². The zero-order valence-electron chi connectivity index (χ0n) is 14.6. The first kappa shape index (κ1) is 18.3. The number of benzene rings is 2. The Kier molecular flexibility index (Phi) is 5.41. The summed E-state index contributed by atoms with van der Waals surface area (Å²) >= 11 is 7.82. The summed E-state index contributed by atoms with van der Waals surface area (Å²) in [6.07, 6.45) is 6.84. The standard InChI is InChI=1S/C21H15ClN4OS/c22-18-13-15(8-9-19(18)26-12-11-23-14-26)25-20(27)17-7-4-10-24-21(17)28-16-5-2-1-3-6-16/h1-14H,(H,25,27). The van der Waals surface area contributed by atoms with Crippen molar-refractivity contribution in [2.75, 3.05) is 5.32 Å². The van der Waals surface area contributed by atoms with Gasteiger partial charge in [-0.2, -0.15) is 0 Å². The molecule has 5 nitrogen and oxygen atoms in total. The average Bonchev–Trinajstić information content (AvgIpc) is 3.24. The molecule has 0 saturated heterocycles. The Morgan fingerprint density at radius 1 is 1.04 bits per heavy atom. The number of aromatic nitrogens is 3. The van der Waals surface area contributed by atoms with Crippen LogP contribution in [0.4, 0.5) is 5.69 Å². The molecule has 0 aliphatic heterocycles. The van der Waals surface area contributed by atoms with Crippen molar-refractivity contribution >= 4 is 35.0 Å². The van der Waals surface area contributed by atoms with Crippen molar-refractivity contribution in [2.45, 2.75) is 9.92 Å². The number of rotatable bonds is 5. The summed E-state index contributed by atoms with van der Waals surface area (Å²) in [7, 11) is 0. The van der Waals surface area contributed by atoms with E-state index in [-0.39, 0.29) is 5.91 Å². The Bertz CT molecular complexity index is 1100. The summed E-state index contributed by atoms with van der Waals surface area (Å²) in [4.78, 5) is 22.2. The number of amides is 1. The minimum absolute atomic E-state index is 0.238. The first-order valence-electron chi connectivity index (χ1n) is 8.48. The molecular formula is C21H15ClN4OS. The van der Waals surface area contributed by atoms with E-state index in [2.05, 4.69) is 15.3 Å². The molecule has 0 saturated carbocycles. The maximum atomic E-state index is 12.8. The predicted molar refractivity (Wildman–Crippen MR) is 111 cm³/mol. The van der Waals surface area contributed by atoms with Crippen LogP contribution in [-0.4, -0.2) is 20.4 Å². The van der Waals surface area contributed by atoms with Gasteiger partial charge >= 0.3 is 0 Å². The molecular weight excluding hydrogens is 392 g/mol. The molecule has 0 radical (unpaired) electrons. The van der Waals surface area contributed by atoms with Gasteiger partial charge in [-0.05, 0) is 42.5 Å². The van der Waals surface area contributed by atoms with Crippen LogP contribution in [0, 0.1) is 0 Å². The van der Waals surface area contributed by atoms with Crippen LogP contribution in [0.2, 0.25) is 5.02 Å². The Hall–Kier alpha value is -3.09. The topological polar surface area (TPSA) is 59.8 Å². The zero-order valence-corrected chi connectivity index (χ0v) is 16.2. The molecule has 0 spiro atoms. The van der Waals surface area contributed by atoms with Crippen LogP contribution in [-0.2, 0) is 0 Å². The highest BCUT2D eigenvalue weighted by Crippen LogP contribution is 2.29. The number of nitrogens with one attached hydrogen (secondary N) is 1. The van der Waals surface area contributed by atoms with Crippen LogP contribution >= 0.6 is 23.4 Å². The number of carbonyl (C=O) groups excluding carboxylic acids is 1. The van der Waals surface area contributed by atoms with Gasteiger partial charge in [-0.1, -0.05) is 41.6 Å². The summed E-state index contributed by atoms with van der Waals surface area (Å²) in [6, 6.07) is 18.7. The molecule has 0 aliphatic carbocycles. The van der Waals surface area contributed by atoms with E-state index in [1.807, 2.05) is 47.2 Å². The molecule has 2 aromatic carbocycles. The molecule has 28 heavy (non-hydrogen) atoms. The van der Waals surface area contributed by atoms with Gasteiger partial charge in [-0.3, -0.25) is 4.79 Å². The largest absolute Gasteiger partial charge is 0.322 e. The molecule has 1 N–H and O–H groups in total. The van der Waals surface area contributed by atoms with Gasteiger partial charge in [0.25, 0.3) is 5.91 Å². The number of halogens is 1. The second-order valence-electron chi connectivity index (χ2n) is 5.86. The second kappa shape index (κ2) is 8.29. The molecule has 0 bridgehead atoms. The normalized spacial score (nSPS) is 10.6. The quantitative estimate of drug-likeness (QED) is 0.487. The van der Waals surface area contributed by atoms with Crippen LogP contribution < -0.4 is 5.32 Å². The number of nitrogens with zero attached hydrogens (tertiary/aromatic N) is 3. The van der Waals surface area contributed by atoms with Crippen molar-refractivity contribution in [1.29, 1.82) is 0 Å². The third kappa shape index (κ3) is 4.08. The molecule has 0 aliphatic rings. The van der Waals surface area contributed by atoms with E-state index in [1.54, 1.807) is 43.0 Å². The molecule has 0 fully saturated rings. The van der Waals surface area contributed by atoms with Crippen molar-refractivity contribution in [3.05, 3.63) is 96.2 Å². The maximum Gasteiger partial charge on any atom is 0.258 e. The molecule has 7 heteroatoms. The fourth-order valence-electron chi connectivity index (χ4n) is 2.64. The van der Waals surface area contributed by atoms with Crippen molar-refractivity contribution in [1.82, 2.24) is 14.5 Å². The Balaban J connectivity index is 1.55. The van der Waals surface area contributed by atoms with E-state index in [0.717, 1.165) is 10.6 Å². The van der Waals surface area contributed by atoms with Crippen molar-refractivity contribution in [3.8, 4) is 5.69 Å². The van der Waals surface area contributed by atoms with E-state index in [9.17, 15) is 4.79 Å². The highest BCUT2D eigenvalue weighted by Gasteiger charge is 2.14. The van der Waals surface area contributed by atoms with Gasteiger partial charge in [-0.25, -0.2) is 9.97 Å². The number of anilines is 1. The van der Waals surface area contributed by atoms with Gasteiger partial charge in [0, 0.05) is 29.2 Å². The van der Waals surface area contributed by atoms with Crippen molar-refractivity contribution < 1.29 is 4.79 Å². The van der Waals surface area contributed by atoms with E-state index < -0.39 is 0 Å². The number of carbonyl (C=O) groups is 1. The molecule has 2 heterocycles. The smallest absolute Gasteiger partial charge is 0.258 e. The first-order chi connectivity index (χ1) is 13.7. The lowest BCUT2D eigenvalue weighted by molar-refractivity contribution is 0.102. The zero-order chi connectivity index (χ0) is 19.3. The summed E-state index contributed by atoms with van der Waals surface area (Å²) in [6.45, 7) is 0. The third-order valence-corrected chi connectivity index (χ3v) is 5.29. The minimum atomic E-state index is -0.238.